The molecular formula is C18H18ClF2N3O. The van der Waals surface area contributed by atoms with Gasteiger partial charge in [0.2, 0.25) is 0 Å². The molecule has 25 heavy (non-hydrogen) atoms. The van der Waals surface area contributed by atoms with E-state index in [4.69, 9.17) is 11.6 Å². The number of anilines is 1. The summed E-state index contributed by atoms with van der Waals surface area (Å²) in [6.07, 6.45) is 1.79. The Morgan fingerprint density at radius 3 is 2.52 bits per heavy atom. The molecule has 1 aromatic heterocycles. The molecule has 0 spiro atoms. The molecule has 0 atom stereocenters. The molecule has 2 aromatic rings. The van der Waals surface area contributed by atoms with Crippen molar-refractivity contribution >= 4 is 23.3 Å². The number of halogens is 3. The molecule has 0 unspecified atom stereocenters. The number of amides is 2. The Bertz CT molecular complexity index is 746. The van der Waals surface area contributed by atoms with Crippen LogP contribution in [0.25, 0.3) is 0 Å². The lowest BCUT2D eigenvalue weighted by Crippen LogP contribution is -2.45. The largest absolute Gasteiger partial charge is 0.324 e. The summed E-state index contributed by atoms with van der Waals surface area (Å²) in [5, 5.41) is 3.04. The van der Waals surface area contributed by atoms with E-state index in [1.807, 2.05) is 0 Å². The van der Waals surface area contributed by atoms with E-state index < -0.39 is 12.3 Å². The van der Waals surface area contributed by atoms with E-state index in [2.05, 4.69) is 10.3 Å². The molecule has 0 aliphatic carbocycles. The molecule has 132 valence electrons. The molecule has 0 bridgehead atoms. The lowest BCUT2D eigenvalue weighted by Gasteiger charge is -2.36. The third-order valence-electron chi connectivity index (χ3n) is 4.39. The number of aromatic nitrogens is 1. The maximum atomic E-state index is 15.2. The van der Waals surface area contributed by atoms with Crippen molar-refractivity contribution in [3.63, 3.8) is 0 Å². The SMILES string of the molecule is O=C(Nc1ccc(CF)cc1)N1CCC(F)(c2ncccc2Cl)CC1. The second-order valence-corrected chi connectivity index (χ2v) is 6.45. The molecule has 0 radical (unpaired) electrons. The van der Waals surface area contributed by atoms with Gasteiger partial charge in [-0.05, 0) is 29.8 Å². The second kappa shape index (κ2) is 7.35. The predicted octanol–water partition coefficient (Wildman–Crippen LogP) is 4.70. The number of carbonyl (C=O) groups is 1. The van der Waals surface area contributed by atoms with Gasteiger partial charge in [-0.15, -0.1) is 0 Å². The lowest BCUT2D eigenvalue weighted by atomic mass is 9.89. The number of urea groups is 1. The van der Waals surface area contributed by atoms with Crippen molar-refractivity contribution in [2.24, 2.45) is 0 Å². The number of nitrogens with one attached hydrogen (secondary N) is 1. The second-order valence-electron chi connectivity index (χ2n) is 6.05. The Labute approximate surface area is 149 Å². The molecule has 1 fully saturated rings. The Balaban J connectivity index is 1.61. The quantitative estimate of drug-likeness (QED) is 0.857. The molecule has 1 saturated heterocycles. The van der Waals surface area contributed by atoms with Gasteiger partial charge < -0.3 is 10.2 Å². The number of alkyl halides is 2. The van der Waals surface area contributed by atoms with Crippen LogP contribution in [0.3, 0.4) is 0 Å². The smallest absolute Gasteiger partial charge is 0.321 e. The van der Waals surface area contributed by atoms with Crippen LogP contribution in [-0.2, 0) is 12.3 Å². The summed E-state index contributed by atoms with van der Waals surface area (Å²) < 4.78 is 27.7. The van der Waals surface area contributed by atoms with Gasteiger partial charge in [0.05, 0.1) is 10.7 Å². The van der Waals surface area contributed by atoms with Gasteiger partial charge in [-0.3, -0.25) is 4.98 Å². The van der Waals surface area contributed by atoms with Gasteiger partial charge in [-0.25, -0.2) is 13.6 Å². The van der Waals surface area contributed by atoms with Crippen molar-refractivity contribution in [3.8, 4) is 0 Å². The van der Waals surface area contributed by atoms with Crippen molar-refractivity contribution < 1.29 is 13.6 Å². The summed E-state index contributed by atoms with van der Waals surface area (Å²) in [4.78, 5) is 17.9. The first-order valence-electron chi connectivity index (χ1n) is 8.02. The summed E-state index contributed by atoms with van der Waals surface area (Å²) in [5.41, 5.74) is -0.270. The number of piperidine rings is 1. The minimum atomic E-state index is -1.63. The Kier molecular flexibility index (Phi) is 5.18. The van der Waals surface area contributed by atoms with Gasteiger partial charge >= 0.3 is 6.03 Å². The fourth-order valence-corrected chi connectivity index (χ4v) is 3.19. The molecule has 0 saturated carbocycles. The first-order valence-corrected chi connectivity index (χ1v) is 8.40. The highest BCUT2D eigenvalue weighted by Crippen LogP contribution is 2.39. The van der Waals surface area contributed by atoms with Gasteiger partial charge in [0.15, 0.2) is 5.67 Å². The summed E-state index contributed by atoms with van der Waals surface area (Å²) in [5.74, 6) is 0. The lowest BCUT2D eigenvalue weighted by molar-refractivity contribution is 0.0684. The molecule has 1 aliphatic rings. The Morgan fingerprint density at radius 2 is 1.92 bits per heavy atom. The Morgan fingerprint density at radius 1 is 1.24 bits per heavy atom. The number of hydrogen-bond donors (Lipinski definition) is 1. The highest BCUT2D eigenvalue weighted by atomic mass is 35.5. The van der Waals surface area contributed by atoms with Crippen molar-refractivity contribution in [1.29, 1.82) is 0 Å². The zero-order valence-electron chi connectivity index (χ0n) is 13.5. The first-order chi connectivity index (χ1) is 12.0. The normalized spacial score (nSPS) is 16.5. The van der Waals surface area contributed by atoms with E-state index in [1.165, 1.54) is 6.20 Å². The zero-order valence-corrected chi connectivity index (χ0v) is 14.3. The van der Waals surface area contributed by atoms with Crippen LogP contribution in [0.4, 0.5) is 19.3 Å². The van der Waals surface area contributed by atoms with Crippen LogP contribution in [-0.4, -0.2) is 29.0 Å². The number of carbonyl (C=O) groups excluding carboxylic acids is 1. The van der Waals surface area contributed by atoms with Crippen molar-refractivity contribution in [3.05, 3.63) is 58.9 Å². The van der Waals surface area contributed by atoms with Crippen LogP contribution in [0.5, 0.6) is 0 Å². The first kappa shape index (κ1) is 17.6. The minimum Gasteiger partial charge on any atom is -0.324 e. The van der Waals surface area contributed by atoms with Crippen LogP contribution < -0.4 is 5.32 Å². The molecular weight excluding hydrogens is 348 g/mol. The number of likely N-dealkylation sites (tertiary alicyclic amines) is 1. The predicted molar refractivity (Wildman–Crippen MR) is 93.1 cm³/mol. The maximum Gasteiger partial charge on any atom is 0.321 e. The molecule has 3 rings (SSSR count). The molecule has 2 amide bonds. The fourth-order valence-electron chi connectivity index (χ4n) is 2.90. The van der Waals surface area contributed by atoms with E-state index in [9.17, 15) is 9.18 Å². The summed E-state index contributed by atoms with van der Waals surface area (Å²) in [6, 6.07) is 9.48. The molecule has 1 aromatic carbocycles. The average molecular weight is 366 g/mol. The standard InChI is InChI=1S/C18H18ClF2N3O/c19-15-2-1-9-22-16(15)18(21)7-10-24(11-8-18)17(25)23-14-5-3-13(12-20)4-6-14/h1-6,9H,7-8,10-12H2,(H,23,25). The van der Waals surface area contributed by atoms with Crippen molar-refractivity contribution in [2.75, 3.05) is 18.4 Å². The third-order valence-corrected chi connectivity index (χ3v) is 4.69. The van der Waals surface area contributed by atoms with E-state index in [1.54, 1.807) is 41.3 Å². The van der Waals surface area contributed by atoms with Crippen molar-refractivity contribution in [2.45, 2.75) is 25.2 Å². The van der Waals surface area contributed by atoms with E-state index in [0.29, 0.717) is 16.3 Å². The summed E-state index contributed by atoms with van der Waals surface area (Å²) in [7, 11) is 0. The van der Waals surface area contributed by atoms with Crippen molar-refractivity contribution in [1.82, 2.24) is 9.88 Å². The summed E-state index contributed by atoms with van der Waals surface area (Å²) >= 11 is 6.06. The van der Waals surface area contributed by atoms with Crippen LogP contribution >= 0.6 is 11.6 Å². The number of benzene rings is 1. The highest BCUT2D eigenvalue weighted by molar-refractivity contribution is 6.31. The zero-order chi connectivity index (χ0) is 17.9. The molecule has 1 N–H and O–H groups in total. The van der Waals surface area contributed by atoms with Crippen LogP contribution in [0.15, 0.2) is 42.6 Å². The number of rotatable bonds is 3. The van der Waals surface area contributed by atoms with E-state index in [0.717, 1.165) is 0 Å². The molecule has 4 nitrogen and oxygen atoms in total. The van der Waals surface area contributed by atoms with Crippen LogP contribution in [0.1, 0.15) is 24.1 Å². The van der Waals surface area contributed by atoms with Gasteiger partial charge in [0.1, 0.15) is 6.67 Å². The van der Waals surface area contributed by atoms with Gasteiger partial charge in [-0.1, -0.05) is 23.7 Å². The summed E-state index contributed by atoms with van der Waals surface area (Å²) in [6.45, 7) is -0.0232. The van der Waals surface area contributed by atoms with Gasteiger partial charge in [-0.2, -0.15) is 0 Å². The molecule has 1 aliphatic heterocycles. The average Bonchev–Trinajstić information content (AvgIpc) is 2.63. The monoisotopic (exact) mass is 365 g/mol. The van der Waals surface area contributed by atoms with E-state index >= 15 is 4.39 Å². The minimum absolute atomic E-state index is 0.137. The number of pyridine rings is 1. The number of nitrogens with zero attached hydrogens (tertiary/aromatic N) is 2. The van der Waals surface area contributed by atoms with Gasteiger partial charge in [0, 0.05) is 37.8 Å². The fraction of sp³-hybridized carbons (Fsp3) is 0.333. The maximum absolute atomic E-state index is 15.2. The van der Waals surface area contributed by atoms with Crippen LogP contribution in [0.2, 0.25) is 5.02 Å². The molecule has 7 heteroatoms. The third kappa shape index (κ3) is 3.90. The van der Waals surface area contributed by atoms with E-state index in [-0.39, 0.29) is 37.7 Å². The van der Waals surface area contributed by atoms with Gasteiger partial charge in [0.25, 0.3) is 0 Å². The topological polar surface area (TPSA) is 45.2 Å². The highest BCUT2D eigenvalue weighted by Gasteiger charge is 2.40. The van der Waals surface area contributed by atoms with Crippen LogP contribution in [0, 0.1) is 0 Å². The molecule has 2 heterocycles. The number of hydrogen-bond acceptors (Lipinski definition) is 2. The Hall–Kier alpha value is -2.21.